The predicted molar refractivity (Wildman–Crippen MR) is 72.0 cm³/mol. The molecule has 0 aromatic heterocycles. The van der Waals surface area contributed by atoms with Gasteiger partial charge >= 0.3 is 5.97 Å². The molecule has 1 aromatic rings. The summed E-state index contributed by atoms with van der Waals surface area (Å²) in [5, 5.41) is 0. The number of carbonyl (C=O) groups is 1. The number of hydrogen-bond acceptors (Lipinski definition) is 6. The van der Waals surface area contributed by atoms with Crippen molar-refractivity contribution in [3.63, 3.8) is 0 Å². The normalized spacial score (nSPS) is 11.1. The second kappa shape index (κ2) is 6.42. The molecule has 0 amide bonds. The maximum Gasteiger partial charge on any atom is 0.338 e. The van der Waals surface area contributed by atoms with Crippen LogP contribution < -0.4 is 10.5 Å². The number of carbonyl (C=O) groups excluding carboxylic acids is 1. The number of nitrogens with two attached hydrogens (primary N) is 1. The smallest absolute Gasteiger partial charge is 0.338 e. The summed E-state index contributed by atoms with van der Waals surface area (Å²) in [6.45, 7) is 1.38. The zero-order valence-electron chi connectivity index (χ0n) is 10.9. The fourth-order valence-corrected chi connectivity index (χ4v) is 1.98. The molecule has 0 saturated carbocycles. The van der Waals surface area contributed by atoms with Gasteiger partial charge in [0.05, 0.1) is 24.1 Å². The molecule has 1 rings (SSSR count). The molecule has 0 bridgehead atoms. The number of hydrogen-bond donors (Lipinski definition) is 1. The first-order chi connectivity index (χ1) is 8.89. The van der Waals surface area contributed by atoms with Crippen LogP contribution in [0.2, 0.25) is 0 Å². The highest BCUT2D eigenvalue weighted by Crippen LogP contribution is 2.22. The van der Waals surface area contributed by atoms with Crippen LogP contribution in [-0.2, 0) is 14.6 Å². The summed E-state index contributed by atoms with van der Waals surface area (Å²) in [7, 11) is -1.67. The zero-order chi connectivity index (χ0) is 14.5. The molecule has 0 aliphatic rings. The van der Waals surface area contributed by atoms with Crippen LogP contribution in [0.15, 0.2) is 18.2 Å². The van der Waals surface area contributed by atoms with E-state index in [-0.39, 0.29) is 23.7 Å². The van der Waals surface area contributed by atoms with Gasteiger partial charge in [-0.15, -0.1) is 0 Å². The van der Waals surface area contributed by atoms with Gasteiger partial charge in [-0.05, 0) is 18.2 Å². The summed E-state index contributed by atoms with van der Waals surface area (Å²) >= 11 is 0. The SMILES string of the molecule is CCS(=O)(=O)CCOC(=O)c1ccc(OC)c(N)c1. The molecule has 1 aromatic carbocycles. The number of methoxy groups -OCH3 is 1. The quantitative estimate of drug-likeness (QED) is 0.616. The van der Waals surface area contributed by atoms with E-state index in [1.54, 1.807) is 13.0 Å². The number of benzene rings is 1. The third kappa shape index (κ3) is 4.44. The molecular formula is C12H17NO5S. The van der Waals surface area contributed by atoms with Gasteiger partial charge in [-0.25, -0.2) is 13.2 Å². The molecule has 0 unspecified atom stereocenters. The minimum atomic E-state index is -3.14. The molecule has 0 aliphatic heterocycles. The fraction of sp³-hybridized carbons (Fsp3) is 0.417. The maximum absolute atomic E-state index is 11.7. The van der Waals surface area contributed by atoms with Crippen LogP contribution in [-0.4, -0.2) is 39.6 Å². The van der Waals surface area contributed by atoms with E-state index in [0.717, 1.165) is 0 Å². The van der Waals surface area contributed by atoms with Gasteiger partial charge in [-0.2, -0.15) is 0 Å². The van der Waals surface area contributed by atoms with Crippen LogP contribution >= 0.6 is 0 Å². The van der Waals surface area contributed by atoms with Crippen molar-refractivity contribution >= 4 is 21.5 Å². The minimum Gasteiger partial charge on any atom is -0.495 e. The van der Waals surface area contributed by atoms with Crippen molar-refractivity contribution in [1.82, 2.24) is 0 Å². The Hall–Kier alpha value is -1.76. The Bertz CT molecular complexity index is 553. The van der Waals surface area contributed by atoms with Crippen molar-refractivity contribution in [3.8, 4) is 5.75 Å². The number of sulfone groups is 1. The Kier molecular flexibility index (Phi) is 5.17. The lowest BCUT2D eigenvalue weighted by atomic mass is 10.2. The first-order valence-electron chi connectivity index (χ1n) is 5.70. The molecule has 19 heavy (non-hydrogen) atoms. The summed E-state index contributed by atoms with van der Waals surface area (Å²) < 4.78 is 32.3. The molecule has 0 aliphatic carbocycles. The van der Waals surface area contributed by atoms with E-state index in [1.165, 1.54) is 19.2 Å². The first kappa shape index (κ1) is 15.3. The van der Waals surface area contributed by atoms with Gasteiger partial charge < -0.3 is 15.2 Å². The van der Waals surface area contributed by atoms with Crippen molar-refractivity contribution in [2.24, 2.45) is 0 Å². The number of anilines is 1. The van der Waals surface area contributed by atoms with E-state index in [4.69, 9.17) is 15.2 Å². The van der Waals surface area contributed by atoms with E-state index in [1.807, 2.05) is 0 Å². The monoisotopic (exact) mass is 287 g/mol. The molecule has 0 heterocycles. The second-order valence-electron chi connectivity index (χ2n) is 3.83. The Morgan fingerprint density at radius 2 is 2.05 bits per heavy atom. The van der Waals surface area contributed by atoms with Crippen molar-refractivity contribution in [2.45, 2.75) is 6.92 Å². The molecule has 106 valence electrons. The topological polar surface area (TPSA) is 95.7 Å². The van der Waals surface area contributed by atoms with Gasteiger partial charge in [0.1, 0.15) is 12.4 Å². The Morgan fingerprint density at radius 1 is 1.37 bits per heavy atom. The predicted octanol–water partition coefficient (Wildman–Crippen LogP) is 0.869. The highest BCUT2D eigenvalue weighted by molar-refractivity contribution is 7.91. The van der Waals surface area contributed by atoms with Gasteiger partial charge in [-0.1, -0.05) is 6.92 Å². The van der Waals surface area contributed by atoms with Crippen LogP contribution in [0, 0.1) is 0 Å². The number of ether oxygens (including phenoxy) is 2. The van der Waals surface area contributed by atoms with E-state index in [0.29, 0.717) is 11.4 Å². The highest BCUT2D eigenvalue weighted by Gasteiger charge is 2.12. The Morgan fingerprint density at radius 3 is 2.58 bits per heavy atom. The standard InChI is InChI=1S/C12H17NO5S/c1-3-19(15,16)7-6-18-12(14)9-4-5-11(17-2)10(13)8-9/h4-5,8H,3,6-7,13H2,1-2H3. The number of rotatable bonds is 6. The Balaban J connectivity index is 2.62. The molecule has 0 saturated heterocycles. The molecular weight excluding hydrogens is 270 g/mol. The average molecular weight is 287 g/mol. The van der Waals surface area contributed by atoms with Crippen molar-refractivity contribution in [1.29, 1.82) is 0 Å². The third-order valence-corrected chi connectivity index (χ3v) is 4.20. The molecule has 0 fully saturated rings. The van der Waals surface area contributed by atoms with Gasteiger partial charge in [0.15, 0.2) is 9.84 Å². The van der Waals surface area contributed by atoms with E-state index in [9.17, 15) is 13.2 Å². The van der Waals surface area contributed by atoms with Crippen LogP contribution in [0.3, 0.4) is 0 Å². The summed E-state index contributed by atoms with van der Waals surface area (Å²) in [6.07, 6.45) is 0. The molecule has 0 spiro atoms. The molecule has 2 N–H and O–H groups in total. The van der Waals surface area contributed by atoms with Crippen LogP contribution in [0.1, 0.15) is 17.3 Å². The molecule has 6 nitrogen and oxygen atoms in total. The van der Waals surface area contributed by atoms with E-state index < -0.39 is 15.8 Å². The minimum absolute atomic E-state index is 0.0278. The highest BCUT2D eigenvalue weighted by atomic mass is 32.2. The van der Waals surface area contributed by atoms with E-state index in [2.05, 4.69) is 0 Å². The second-order valence-corrected chi connectivity index (χ2v) is 6.30. The summed E-state index contributed by atoms with van der Waals surface area (Å²) in [5.74, 6) is -0.299. The lowest BCUT2D eigenvalue weighted by molar-refractivity contribution is 0.0529. The first-order valence-corrected chi connectivity index (χ1v) is 7.53. The van der Waals surface area contributed by atoms with Gasteiger partial charge in [-0.3, -0.25) is 0 Å². The lowest BCUT2D eigenvalue weighted by Crippen LogP contribution is -2.17. The van der Waals surface area contributed by atoms with Crippen molar-refractivity contribution in [2.75, 3.05) is 31.0 Å². The molecule has 0 radical (unpaired) electrons. The number of esters is 1. The summed E-state index contributed by atoms with van der Waals surface area (Å²) in [6, 6.07) is 4.48. The molecule has 0 atom stereocenters. The largest absolute Gasteiger partial charge is 0.495 e. The Labute approximate surface area is 112 Å². The van der Waals surface area contributed by atoms with Crippen LogP contribution in [0.4, 0.5) is 5.69 Å². The fourth-order valence-electron chi connectivity index (χ4n) is 1.35. The number of nitrogen functional groups attached to an aromatic ring is 1. The zero-order valence-corrected chi connectivity index (χ0v) is 11.7. The van der Waals surface area contributed by atoms with Crippen LogP contribution in [0.5, 0.6) is 5.75 Å². The maximum atomic E-state index is 11.7. The lowest BCUT2D eigenvalue weighted by Gasteiger charge is -2.07. The third-order valence-electron chi connectivity index (χ3n) is 2.53. The summed E-state index contributed by atoms with van der Waals surface area (Å²) in [4.78, 5) is 11.7. The van der Waals surface area contributed by atoms with Gasteiger partial charge in [0.25, 0.3) is 0 Å². The van der Waals surface area contributed by atoms with Gasteiger partial charge in [0, 0.05) is 5.75 Å². The van der Waals surface area contributed by atoms with E-state index >= 15 is 0 Å². The molecule has 7 heteroatoms. The van der Waals surface area contributed by atoms with Crippen molar-refractivity contribution in [3.05, 3.63) is 23.8 Å². The average Bonchev–Trinajstić information content (AvgIpc) is 2.38. The van der Waals surface area contributed by atoms with Crippen LogP contribution in [0.25, 0.3) is 0 Å². The van der Waals surface area contributed by atoms with Gasteiger partial charge in [0.2, 0.25) is 0 Å². The van der Waals surface area contributed by atoms with Crippen molar-refractivity contribution < 1.29 is 22.7 Å². The summed E-state index contributed by atoms with van der Waals surface area (Å²) in [5.41, 5.74) is 6.23.